The molecule has 0 bridgehead atoms. The maximum absolute atomic E-state index is 15.8. The minimum absolute atomic E-state index is 0.0156. The Kier molecular flexibility index (Phi) is 5.97. The van der Waals surface area contributed by atoms with E-state index in [1.54, 1.807) is 9.80 Å². The van der Waals surface area contributed by atoms with Gasteiger partial charge in [0.1, 0.15) is 22.7 Å². The zero-order valence-corrected chi connectivity index (χ0v) is 20.4. The fourth-order valence-corrected chi connectivity index (χ4v) is 6.12. The van der Waals surface area contributed by atoms with Crippen LogP contribution in [0.4, 0.5) is 25.2 Å². The molecule has 12 heteroatoms. The molecule has 0 spiro atoms. The number of amides is 2. The SMILES string of the molecule is C=CC(=O)N1CCN2C(=O)c3cc(F)c(-c4ccc(F)c5sc(N)c(C#N)c45)c(N)c3N(N)CC[C@H]2C1. The van der Waals surface area contributed by atoms with Crippen molar-refractivity contribution >= 4 is 49.6 Å². The molecule has 3 aromatic rings. The van der Waals surface area contributed by atoms with Gasteiger partial charge in [0, 0.05) is 37.1 Å². The van der Waals surface area contributed by atoms with Gasteiger partial charge in [-0.15, -0.1) is 11.3 Å². The minimum Gasteiger partial charge on any atom is -0.396 e. The van der Waals surface area contributed by atoms with E-state index >= 15 is 4.39 Å². The topological polar surface area (TPSA) is 146 Å². The quantitative estimate of drug-likeness (QED) is 0.266. The smallest absolute Gasteiger partial charge is 0.256 e. The van der Waals surface area contributed by atoms with Crippen LogP contribution in [0.1, 0.15) is 22.3 Å². The molecule has 1 saturated heterocycles. The van der Waals surface area contributed by atoms with Gasteiger partial charge in [-0.05, 0) is 30.2 Å². The Balaban J connectivity index is 1.66. The van der Waals surface area contributed by atoms with E-state index in [0.29, 0.717) is 19.5 Å². The van der Waals surface area contributed by atoms with Crippen LogP contribution in [-0.4, -0.2) is 53.8 Å². The number of piperazine rings is 1. The number of fused-ring (bicyclic) bond motifs is 3. The molecule has 0 radical (unpaired) electrons. The molecule has 2 amide bonds. The van der Waals surface area contributed by atoms with Gasteiger partial charge < -0.3 is 26.3 Å². The van der Waals surface area contributed by atoms with Crippen molar-refractivity contribution in [3.8, 4) is 17.2 Å². The molecule has 0 unspecified atom stereocenters. The average Bonchev–Trinajstić information content (AvgIpc) is 3.23. The molecular formula is C25H23F2N7O2S. The Labute approximate surface area is 214 Å². The van der Waals surface area contributed by atoms with Crippen LogP contribution in [0, 0.1) is 23.0 Å². The fourth-order valence-electron chi connectivity index (χ4n) is 5.17. The van der Waals surface area contributed by atoms with Crippen molar-refractivity contribution in [3.63, 3.8) is 0 Å². The van der Waals surface area contributed by atoms with Crippen LogP contribution in [0.2, 0.25) is 0 Å². The molecule has 3 heterocycles. The van der Waals surface area contributed by atoms with Gasteiger partial charge in [0.15, 0.2) is 0 Å². The lowest BCUT2D eigenvalue weighted by Gasteiger charge is -2.43. The van der Waals surface area contributed by atoms with Crippen molar-refractivity contribution in [2.75, 3.05) is 42.7 Å². The summed E-state index contributed by atoms with van der Waals surface area (Å²) in [5, 5.41) is 11.2. The summed E-state index contributed by atoms with van der Waals surface area (Å²) in [4.78, 5) is 29.0. The van der Waals surface area contributed by atoms with Gasteiger partial charge in [-0.3, -0.25) is 9.59 Å². The summed E-state index contributed by atoms with van der Waals surface area (Å²) in [5.41, 5.74) is 12.5. The minimum atomic E-state index is -0.822. The molecule has 37 heavy (non-hydrogen) atoms. The van der Waals surface area contributed by atoms with Crippen molar-refractivity contribution in [2.24, 2.45) is 5.84 Å². The van der Waals surface area contributed by atoms with Crippen LogP contribution in [0.3, 0.4) is 0 Å². The molecule has 1 aromatic heterocycles. The lowest BCUT2D eigenvalue weighted by atomic mass is 9.93. The monoisotopic (exact) mass is 523 g/mol. The third-order valence-electron chi connectivity index (χ3n) is 6.94. The number of benzene rings is 2. The van der Waals surface area contributed by atoms with Crippen LogP contribution >= 0.6 is 11.3 Å². The average molecular weight is 524 g/mol. The first-order chi connectivity index (χ1) is 17.7. The number of nitriles is 1. The Bertz CT molecular complexity index is 1530. The molecule has 6 N–H and O–H groups in total. The number of rotatable bonds is 2. The van der Waals surface area contributed by atoms with Crippen molar-refractivity contribution in [1.82, 2.24) is 9.80 Å². The third kappa shape index (κ3) is 3.75. The lowest BCUT2D eigenvalue weighted by molar-refractivity contribution is -0.128. The Morgan fingerprint density at radius 3 is 2.65 bits per heavy atom. The van der Waals surface area contributed by atoms with E-state index in [-0.39, 0.29) is 73.8 Å². The maximum atomic E-state index is 15.8. The Hall–Kier alpha value is -4.21. The highest BCUT2D eigenvalue weighted by atomic mass is 32.1. The van der Waals surface area contributed by atoms with Gasteiger partial charge in [-0.2, -0.15) is 5.26 Å². The second-order valence-corrected chi connectivity index (χ2v) is 9.97. The Morgan fingerprint density at radius 2 is 1.95 bits per heavy atom. The molecule has 2 aromatic carbocycles. The van der Waals surface area contributed by atoms with Crippen LogP contribution in [0.25, 0.3) is 21.2 Å². The summed E-state index contributed by atoms with van der Waals surface area (Å²) in [7, 11) is 0. The van der Waals surface area contributed by atoms with Gasteiger partial charge >= 0.3 is 0 Å². The zero-order chi connectivity index (χ0) is 26.6. The highest BCUT2D eigenvalue weighted by Crippen LogP contribution is 2.46. The number of carbonyl (C=O) groups is 2. The molecule has 190 valence electrons. The molecule has 1 atom stereocenters. The number of thiophene rings is 1. The van der Waals surface area contributed by atoms with Crippen molar-refractivity contribution in [1.29, 1.82) is 5.26 Å². The Morgan fingerprint density at radius 1 is 1.19 bits per heavy atom. The molecule has 1 fully saturated rings. The molecular weight excluding hydrogens is 500 g/mol. The first kappa shape index (κ1) is 24.5. The summed E-state index contributed by atoms with van der Waals surface area (Å²) < 4.78 is 30.5. The third-order valence-corrected chi connectivity index (χ3v) is 7.97. The van der Waals surface area contributed by atoms with E-state index < -0.39 is 17.5 Å². The normalized spacial score (nSPS) is 17.6. The number of anilines is 3. The van der Waals surface area contributed by atoms with E-state index in [1.807, 2.05) is 6.07 Å². The maximum Gasteiger partial charge on any atom is 0.256 e. The zero-order valence-electron chi connectivity index (χ0n) is 19.6. The first-order valence-corrected chi connectivity index (χ1v) is 12.3. The molecule has 9 nitrogen and oxygen atoms in total. The lowest BCUT2D eigenvalue weighted by Crippen LogP contribution is -2.58. The highest BCUT2D eigenvalue weighted by Gasteiger charge is 2.37. The van der Waals surface area contributed by atoms with Gasteiger partial charge in [0.2, 0.25) is 5.91 Å². The molecule has 0 aliphatic carbocycles. The second kappa shape index (κ2) is 9.02. The van der Waals surface area contributed by atoms with Gasteiger partial charge in [0.05, 0.1) is 33.2 Å². The number of hydrazine groups is 1. The van der Waals surface area contributed by atoms with E-state index in [1.165, 1.54) is 17.2 Å². The number of nitrogen functional groups attached to an aromatic ring is 2. The van der Waals surface area contributed by atoms with Crippen LogP contribution in [-0.2, 0) is 4.79 Å². The van der Waals surface area contributed by atoms with Gasteiger partial charge in [-0.1, -0.05) is 12.6 Å². The number of halogens is 2. The van der Waals surface area contributed by atoms with Crippen LogP contribution in [0.15, 0.2) is 30.9 Å². The van der Waals surface area contributed by atoms with Crippen LogP contribution in [0.5, 0.6) is 0 Å². The summed E-state index contributed by atoms with van der Waals surface area (Å²) in [5.74, 6) is 4.24. The van der Waals surface area contributed by atoms with E-state index in [9.17, 15) is 19.2 Å². The number of nitrogens with two attached hydrogens (primary N) is 3. The first-order valence-electron chi connectivity index (χ1n) is 11.4. The summed E-state index contributed by atoms with van der Waals surface area (Å²) in [6, 6.07) is 5.21. The van der Waals surface area contributed by atoms with E-state index in [4.69, 9.17) is 17.3 Å². The van der Waals surface area contributed by atoms with Gasteiger partial charge in [-0.25, -0.2) is 14.6 Å². The van der Waals surface area contributed by atoms with Crippen LogP contribution < -0.4 is 22.3 Å². The number of hydrogen-bond acceptors (Lipinski definition) is 8. The fraction of sp³-hybridized carbons (Fsp3) is 0.240. The standard InChI is InChI=1S/C25H23F2N7O2S/c1-2-18(35)32-7-8-33-12(11-32)5-6-34(31)22-14(25(33)36)9-17(27)20(21(22)29)13-3-4-16(26)23-19(13)15(10-28)24(30)37-23/h2-4,9,12H,1,5-8,11,29-31H2/t12-/m0/s1. The summed E-state index contributed by atoms with van der Waals surface area (Å²) in [6.45, 7) is 4.66. The highest BCUT2D eigenvalue weighted by molar-refractivity contribution is 7.23. The largest absolute Gasteiger partial charge is 0.396 e. The van der Waals surface area contributed by atoms with E-state index in [0.717, 1.165) is 23.5 Å². The summed E-state index contributed by atoms with van der Waals surface area (Å²) in [6.07, 6.45) is 1.67. The number of hydrogen-bond donors (Lipinski definition) is 3. The van der Waals surface area contributed by atoms with Gasteiger partial charge in [0.25, 0.3) is 5.91 Å². The summed E-state index contributed by atoms with van der Waals surface area (Å²) >= 11 is 0.889. The van der Waals surface area contributed by atoms with Crippen molar-refractivity contribution in [3.05, 3.63) is 53.6 Å². The molecule has 2 aliphatic heterocycles. The van der Waals surface area contributed by atoms with Crippen molar-refractivity contribution < 1.29 is 18.4 Å². The van der Waals surface area contributed by atoms with E-state index in [2.05, 4.69) is 6.58 Å². The van der Waals surface area contributed by atoms with Crippen molar-refractivity contribution in [2.45, 2.75) is 12.5 Å². The number of nitrogens with zero attached hydrogens (tertiary/aromatic N) is 4. The predicted molar refractivity (Wildman–Crippen MR) is 138 cm³/mol. The predicted octanol–water partition coefficient (Wildman–Crippen LogP) is 2.81. The molecule has 0 saturated carbocycles. The number of carbonyl (C=O) groups excluding carboxylic acids is 2. The molecule has 5 rings (SSSR count). The second-order valence-electron chi connectivity index (χ2n) is 8.92. The molecule has 2 aliphatic rings.